The molecule has 0 spiro atoms. The summed E-state index contributed by atoms with van der Waals surface area (Å²) in [7, 11) is -1.14. The summed E-state index contributed by atoms with van der Waals surface area (Å²) < 4.78 is 12.4. The van der Waals surface area contributed by atoms with Crippen molar-refractivity contribution >= 4 is 28.1 Å². The summed E-state index contributed by atoms with van der Waals surface area (Å²) in [6.07, 6.45) is 0. The lowest BCUT2D eigenvalue weighted by Crippen LogP contribution is -2.02. The summed E-state index contributed by atoms with van der Waals surface area (Å²) in [4.78, 5) is 0.775. The van der Waals surface area contributed by atoms with E-state index < -0.39 is 10.8 Å². The van der Waals surface area contributed by atoms with Gasteiger partial charge in [-0.15, -0.1) is 0 Å². The number of anilines is 1. The molecule has 1 atom stereocenters. The number of nitrogen functional groups attached to an aromatic ring is 1. The molecule has 2 nitrogen and oxygen atoms in total. The largest absolute Gasteiger partial charge is 0.398 e. The standard InChI is InChI=1S/C15H16ClNOS/c1-10-6-7-12(13(16)8-10)9-19(18)15-5-3-4-14(17)11(15)2/h3-8H,9,17H2,1-2H3. The number of nitrogens with two attached hydrogens (primary N) is 1. The highest BCUT2D eigenvalue weighted by Gasteiger charge is 2.11. The van der Waals surface area contributed by atoms with Gasteiger partial charge >= 0.3 is 0 Å². The monoisotopic (exact) mass is 293 g/mol. The first-order chi connectivity index (χ1) is 8.99. The van der Waals surface area contributed by atoms with E-state index in [1.165, 1.54) is 0 Å². The fourth-order valence-electron chi connectivity index (χ4n) is 1.87. The number of benzene rings is 2. The van der Waals surface area contributed by atoms with Gasteiger partial charge in [-0.1, -0.05) is 29.8 Å². The van der Waals surface area contributed by atoms with Crippen molar-refractivity contribution in [2.45, 2.75) is 24.5 Å². The third kappa shape index (κ3) is 3.17. The molecule has 0 aliphatic carbocycles. The molecule has 0 fully saturated rings. The molecule has 0 radical (unpaired) electrons. The van der Waals surface area contributed by atoms with E-state index in [0.717, 1.165) is 21.6 Å². The molecular weight excluding hydrogens is 278 g/mol. The molecule has 1 unspecified atom stereocenters. The average Bonchev–Trinajstić information content (AvgIpc) is 2.36. The van der Waals surface area contributed by atoms with Gasteiger partial charge < -0.3 is 5.73 Å². The molecule has 4 heteroatoms. The van der Waals surface area contributed by atoms with Crippen molar-refractivity contribution in [1.29, 1.82) is 0 Å². The van der Waals surface area contributed by atoms with Gasteiger partial charge in [0, 0.05) is 15.6 Å². The lowest BCUT2D eigenvalue weighted by atomic mass is 10.2. The predicted octanol–water partition coefficient (Wildman–Crippen LogP) is 3.85. The molecule has 0 heterocycles. The molecule has 0 aliphatic rings. The van der Waals surface area contributed by atoms with Crippen LogP contribution in [0, 0.1) is 13.8 Å². The molecule has 2 N–H and O–H groups in total. The molecule has 0 amide bonds. The molecule has 19 heavy (non-hydrogen) atoms. The van der Waals surface area contributed by atoms with Crippen molar-refractivity contribution < 1.29 is 4.21 Å². The number of hydrogen-bond acceptors (Lipinski definition) is 2. The summed E-state index contributed by atoms with van der Waals surface area (Å²) in [5.41, 5.74) is 9.38. The van der Waals surface area contributed by atoms with Crippen molar-refractivity contribution in [3.05, 3.63) is 58.1 Å². The van der Waals surface area contributed by atoms with Gasteiger partial charge in [0.15, 0.2) is 0 Å². The van der Waals surface area contributed by atoms with Crippen LogP contribution in [0.2, 0.25) is 5.02 Å². The van der Waals surface area contributed by atoms with E-state index in [9.17, 15) is 4.21 Å². The van der Waals surface area contributed by atoms with E-state index in [-0.39, 0.29) is 0 Å². The van der Waals surface area contributed by atoms with Crippen LogP contribution in [0.5, 0.6) is 0 Å². The Balaban J connectivity index is 2.28. The van der Waals surface area contributed by atoms with E-state index in [2.05, 4.69) is 0 Å². The minimum absolute atomic E-state index is 0.406. The van der Waals surface area contributed by atoms with Crippen LogP contribution >= 0.6 is 11.6 Å². The molecule has 100 valence electrons. The molecule has 2 aromatic carbocycles. The Bertz CT molecular complexity index is 640. The quantitative estimate of drug-likeness (QED) is 0.874. The van der Waals surface area contributed by atoms with Crippen molar-refractivity contribution in [3.63, 3.8) is 0 Å². The Morgan fingerprint density at radius 3 is 2.63 bits per heavy atom. The van der Waals surface area contributed by atoms with E-state index in [0.29, 0.717) is 16.5 Å². The van der Waals surface area contributed by atoms with Gasteiger partial charge in [-0.2, -0.15) is 0 Å². The number of aryl methyl sites for hydroxylation is 1. The molecule has 2 aromatic rings. The van der Waals surface area contributed by atoms with Crippen molar-refractivity contribution in [2.75, 3.05) is 5.73 Å². The molecule has 0 bridgehead atoms. The number of rotatable bonds is 3. The number of halogens is 1. The zero-order valence-electron chi connectivity index (χ0n) is 10.9. The van der Waals surface area contributed by atoms with Crippen molar-refractivity contribution in [1.82, 2.24) is 0 Å². The third-order valence-corrected chi connectivity index (χ3v) is 4.92. The van der Waals surface area contributed by atoms with Crippen LogP contribution in [-0.4, -0.2) is 4.21 Å². The summed E-state index contributed by atoms with van der Waals surface area (Å²) >= 11 is 6.17. The lowest BCUT2D eigenvalue weighted by Gasteiger charge is -2.09. The van der Waals surface area contributed by atoms with E-state index >= 15 is 0 Å². The van der Waals surface area contributed by atoms with E-state index in [1.54, 1.807) is 0 Å². The fraction of sp³-hybridized carbons (Fsp3) is 0.200. The van der Waals surface area contributed by atoms with Gasteiger partial charge in [-0.05, 0) is 48.7 Å². The summed E-state index contributed by atoms with van der Waals surface area (Å²) in [6.45, 7) is 3.87. The first-order valence-corrected chi connectivity index (χ1v) is 7.67. The second-order valence-corrected chi connectivity index (χ2v) is 6.38. The maximum Gasteiger partial charge on any atom is 0.0578 e. The minimum Gasteiger partial charge on any atom is -0.398 e. The van der Waals surface area contributed by atoms with Gasteiger partial charge in [0.25, 0.3) is 0 Å². The van der Waals surface area contributed by atoms with Crippen molar-refractivity contribution in [3.8, 4) is 0 Å². The van der Waals surface area contributed by atoms with Crippen LogP contribution in [0.25, 0.3) is 0 Å². The Hall–Kier alpha value is -1.32. The topological polar surface area (TPSA) is 43.1 Å². The van der Waals surface area contributed by atoms with Crippen molar-refractivity contribution in [2.24, 2.45) is 0 Å². The molecule has 0 aromatic heterocycles. The summed E-state index contributed by atoms with van der Waals surface area (Å²) in [6, 6.07) is 11.3. The van der Waals surface area contributed by atoms with E-state index in [1.807, 2.05) is 50.2 Å². The van der Waals surface area contributed by atoms with Gasteiger partial charge in [-0.3, -0.25) is 4.21 Å². The Morgan fingerprint density at radius 1 is 1.21 bits per heavy atom. The fourth-order valence-corrected chi connectivity index (χ4v) is 3.63. The highest BCUT2D eigenvalue weighted by Crippen LogP contribution is 2.24. The highest BCUT2D eigenvalue weighted by molar-refractivity contribution is 7.84. The summed E-state index contributed by atoms with van der Waals surface area (Å²) in [5, 5.41) is 0.662. The van der Waals surface area contributed by atoms with E-state index in [4.69, 9.17) is 17.3 Å². The smallest absolute Gasteiger partial charge is 0.0578 e. The third-order valence-electron chi connectivity index (χ3n) is 3.07. The SMILES string of the molecule is Cc1ccc(CS(=O)c2cccc(N)c2C)c(Cl)c1. The maximum atomic E-state index is 12.4. The molecule has 0 saturated carbocycles. The Morgan fingerprint density at radius 2 is 1.95 bits per heavy atom. The zero-order chi connectivity index (χ0) is 14.0. The van der Waals surface area contributed by atoms with Gasteiger partial charge in [0.05, 0.1) is 16.6 Å². The Kier molecular flexibility index (Phi) is 4.27. The predicted molar refractivity (Wildman–Crippen MR) is 81.9 cm³/mol. The zero-order valence-corrected chi connectivity index (χ0v) is 12.5. The first kappa shape index (κ1) is 14.1. The maximum absolute atomic E-state index is 12.4. The minimum atomic E-state index is -1.14. The normalized spacial score (nSPS) is 12.4. The van der Waals surface area contributed by atoms with Gasteiger partial charge in [0.2, 0.25) is 0 Å². The molecule has 0 aliphatic heterocycles. The lowest BCUT2D eigenvalue weighted by molar-refractivity contribution is 0.682. The molecule has 0 saturated heterocycles. The first-order valence-electron chi connectivity index (χ1n) is 5.97. The second kappa shape index (κ2) is 5.76. The van der Waals surface area contributed by atoms with Crippen LogP contribution in [0.1, 0.15) is 16.7 Å². The molecular formula is C15H16ClNOS. The number of hydrogen-bond donors (Lipinski definition) is 1. The van der Waals surface area contributed by atoms with Gasteiger partial charge in [-0.25, -0.2) is 0 Å². The van der Waals surface area contributed by atoms with Crippen LogP contribution in [-0.2, 0) is 16.6 Å². The Labute approximate surface area is 121 Å². The highest BCUT2D eigenvalue weighted by atomic mass is 35.5. The molecule has 2 rings (SSSR count). The van der Waals surface area contributed by atoms with Crippen LogP contribution < -0.4 is 5.73 Å². The average molecular weight is 294 g/mol. The van der Waals surface area contributed by atoms with Crippen LogP contribution in [0.15, 0.2) is 41.3 Å². The van der Waals surface area contributed by atoms with Crippen LogP contribution in [0.3, 0.4) is 0 Å². The summed E-state index contributed by atoms with van der Waals surface area (Å²) in [5.74, 6) is 0.406. The second-order valence-electron chi connectivity index (χ2n) is 4.56. The van der Waals surface area contributed by atoms with Gasteiger partial charge in [0.1, 0.15) is 0 Å². The van der Waals surface area contributed by atoms with Crippen LogP contribution in [0.4, 0.5) is 5.69 Å².